The Labute approximate surface area is 90.9 Å². The summed E-state index contributed by atoms with van der Waals surface area (Å²) in [5, 5.41) is 3.19. The van der Waals surface area contributed by atoms with Gasteiger partial charge in [-0.05, 0) is 18.6 Å². The van der Waals surface area contributed by atoms with Gasteiger partial charge in [-0.1, -0.05) is 0 Å². The maximum Gasteiger partial charge on any atom is 0.238 e. The second-order valence-corrected chi connectivity index (χ2v) is 4.02. The minimum atomic E-state index is -0.139. The number of likely N-dealkylation sites (N-methyl/N-ethyl adjacent to an activating group) is 1. The Morgan fingerprint density at radius 2 is 2.27 bits per heavy atom. The molecule has 1 rings (SSSR count). The Morgan fingerprint density at radius 1 is 1.60 bits per heavy atom. The lowest BCUT2D eigenvalue weighted by Crippen LogP contribution is -2.41. The Balaban J connectivity index is 2.40. The highest BCUT2D eigenvalue weighted by molar-refractivity contribution is 5.80. The molecule has 1 amide bonds. The maximum absolute atomic E-state index is 11.5. The van der Waals surface area contributed by atoms with E-state index in [4.69, 9.17) is 0 Å². The second kappa shape index (κ2) is 4.98. The first-order chi connectivity index (χ1) is 7.00. The zero-order valence-electron chi connectivity index (χ0n) is 9.82. The quantitative estimate of drug-likeness (QED) is 0.788. The molecule has 0 aliphatic carbocycles. The highest BCUT2D eigenvalue weighted by atomic mass is 16.2. The number of carbonyl (C=O) groups is 1. The number of hydrogen-bond donors (Lipinski definition) is 1. The lowest BCUT2D eigenvalue weighted by molar-refractivity contribution is -0.130. The number of nitrogens with one attached hydrogen (secondary N) is 1. The SMILES string of the molecule is C[C@@H](NCc1ccn(C)c1)C(=O)N(C)C. The lowest BCUT2D eigenvalue weighted by Gasteiger charge is -2.17. The molecule has 0 saturated carbocycles. The van der Waals surface area contributed by atoms with Crippen molar-refractivity contribution < 1.29 is 4.79 Å². The van der Waals surface area contributed by atoms with Gasteiger partial charge in [0.25, 0.3) is 0 Å². The number of hydrogen-bond acceptors (Lipinski definition) is 2. The van der Waals surface area contributed by atoms with Crippen LogP contribution in [0.3, 0.4) is 0 Å². The van der Waals surface area contributed by atoms with Gasteiger partial charge in [0.1, 0.15) is 0 Å². The third kappa shape index (κ3) is 3.40. The van der Waals surface area contributed by atoms with Crippen molar-refractivity contribution in [3.8, 4) is 0 Å². The van der Waals surface area contributed by atoms with E-state index in [0.29, 0.717) is 0 Å². The fraction of sp³-hybridized carbons (Fsp3) is 0.545. The van der Waals surface area contributed by atoms with E-state index in [-0.39, 0.29) is 11.9 Å². The van der Waals surface area contributed by atoms with Crippen LogP contribution in [-0.4, -0.2) is 35.5 Å². The molecule has 0 aliphatic heterocycles. The minimum Gasteiger partial charge on any atom is -0.357 e. The van der Waals surface area contributed by atoms with E-state index in [2.05, 4.69) is 5.32 Å². The molecule has 1 N–H and O–H groups in total. The minimum absolute atomic E-state index is 0.103. The molecule has 0 bridgehead atoms. The van der Waals surface area contributed by atoms with Gasteiger partial charge in [-0.3, -0.25) is 4.79 Å². The molecule has 0 saturated heterocycles. The van der Waals surface area contributed by atoms with Crippen molar-refractivity contribution in [3.63, 3.8) is 0 Å². The topological polar surface area (TPSA) is 37.3 Å². The lowest BCUT2D eigenvalue weighted by atomic mass is 10.2. The number of nitrogens with zero attached hydrogens (tertiary/aromatic N) is 2. The Kier molecular flexibility index (Phi) is 3.91. The molecule has 84 valence electrons. The zero-order valence-corrected chi connectivity index (χ0v) is 9.82. The van der Waals surface area contributed by atoms with Gasteiger partial charge >= 0.3 is 0 Å². The average Bonchev–Trinajstić information content (AvgIpc) is 2.59. The number of amides is 1. The largest absolute Gasteiger partial charge is 0.357 e. The van der Waals surface area contributed by atoms with E-state index in [1.807, 2.05) is 37.0 Å². The molecule has 0 spiro atoms. The van der Waals surface area contributed by atoms with E-state index in [1.165, 1.54) is 5.56 Å². The first-order valence-corrected chi connectivity index (χ1v) is 5.06. The maximum atomic E-state index is 11.5. The van der Waals surface area contributed by atoms with E-state index in [1.54, 1.807) is 19.0 Å². The van der Waals surface area contributed by atoms with Crippen molar-refractivity contribution in [1.82, 2.24) is 14.8 Å². The number of rotatable bonds is 4. The monoisotopic (exact) mass is 209 g/mol. The zero-order chi connectivity index (χ0) is 11.4. The molecule has 1 aromatic rings. The smallest absolute Gasteiger partial charge is 0.238 e. The van der Waals surface area contributed by atoms with Crippen LogP contribution in [-0.2, 0) is 18.4 Å². The molecule has 0 aliphatic rings. The Hall–Kier alpha value is -1.29. The normalized spacial score (nSPS) is 12.5. The van der Waals surface area contributed by atoms with Gasteiger partial charge in [-0.15, -0.1) is 0 Å². The average molecular weight is 209 g/mol. The summed E-state index contributed by atoms with van der Waals surface area (Å²) < 4.78 is 2.00. The van der Waals surface area contributed by atoms with E-state index < -0.39 is 0 Å². The van der Waals surface area contributed by atoms with Crippen LogP contribution in [0.15, 0.2) is 18.5 Å². The number of aromatic nitrogens is 1. The third-order valence-corrected chi connectivity index (χ3v) is 2.32. The predicted octanol–water partition coefficient (Wildman–Crippen LogP) is 0.591. The second-order valence-electron chi connectivity index (χ2n) is 4.02. The van der Waals surface area contributed by atoms with Gasteiger partial charge < -0.3 is 14.8 Å². The highest BCUT2D eigenvalue weighted by Crippen LogP contribution is 1.99. The van der Waals surface area contributed by atoms with Crippen molar-refractivity contribution in [2.75, 3.05) is 14.1 Å². The molecular weight excluding hydrogens is 190 g/mol. The summed E-state index contributed by atoms with van der Waals surface area (Å²) in [5.74, 6) is 0.103. The first-order valence-electron chi connectivity index (χ1n) is 5.06. The van der Waals surface area contributed by atoms with Crippen molar-refractivity contribution in [3.05, 3.63) is 24.0 Å². The molecule has 15 heavy (non-hydrogen) atoms. The van der Waals surface area contributed by atoms with Crippen LogP contribution in [0.25, 0.3) is 0 Å². The summed E-state index contributed by atoms with van der Waals surface area (Å²) in [4.78, 5) is 13.1. The van der Waals surface area contributed by atoms with E-state index in [9.17, 15) is 4.79 Å². The number of carbonyl (C=O) groups excluding carboxylic acids is 1. The van der Waals surface area contributed by atoms with Crippen LogP contribution >= 0.6 is 0 Å². The summed E-state index contributed by atoms with van der Waals surface area (Å²) >= 11 is 0. The summed E-state index contributed by atoms with van der Waals surface area (Å²) in [6, 6.07) is 1.90. The van der Waals surface area contributed by atoms with Crippen molar-refractivity contribution in [1.29, 1.82) is 0 Å². The van der Waals surface area contributed by atoms with Crippen molar-refractivity contribution in [2.45, 2.75) is 19.5 Å². The number of aryl methyl sites for hydroxylation is 1. The van der Waals surface area contributed by atoms with Crippen molar-refractivity contribution in [2.24, 2.45) is 7.05 Å². The Morgan fingerprint density at radius 3 is 2.73 bits per heavy atom. The molecule has 0 unspecified atom stereocenters. The van der Waals surface area contributed by atoms with Gasteiger partial charge in [-0.25, -0.2) is 0 Å². The molecule has 4 nitrogen and oxygen atoms in total. The van der Waals surface area contributed by atoms with Crippen LogP contribution in [0.4, 0.5) is 0 Å². The molecule has 1 atom stereocenters. The van der Waals surface area contributed by atoms with Gasteiger partial charge in [0.05, 0.1) is 6.04 Å². The highest BCUT2D eigenvalue weighted by Gasteiger charge is 2.13. The van der Waals surface area contributed by atoms with Crippen LogP contribution in [0.1, 0.15) is 12.5 Å². The fourth-order valence-electron chi connectivity index (χ4n) is 1.41. The van der Waals surface area contributed by atoms with E-state index in [0.717, 1.165) is 6.54 Å². The molecule has 0 aromatic carbocycles. The van der Waals surface area contributed by atoms with Crippen molar-refractivity contribution >= 4 is 5.91 Å². The standard InChI is InChI=1S/C11H19N3O/c1-9(11(15)13(2)3)12-7-10-5-6-14(4)8-10/h5-6,8-9,12H,7H2,1-4H3/t9-/m1/s1. The van der Waals surface area contributed by atoms with Crippen LogP contribution in [0.2, 0.25) is 0 Å². The summed E-state index contributed by atoms with van der Waals surface area (Å²) in [6.45, 7) is 2.60. The molecule has 4 heteroatoms. The van der Waals surface area contributed by atoms with Crippen LogP contribution in [0.5, 0.6) is 0 Å². The van der Waals surface area contributed by atoms with Gasteiger partial charge in [0.2, 0.25) is 5.91 Å². The summed E-state index contributed by atoms with van der Waals surface area (Å²) in [7, 11) is 5.52. The summed E-state index contributed by atoms with van der Waals surface area (Å²) in [5.41, 5.74) is 1.19. The van der Waals surface area contributed by atoms with Crippen LogP contribution < -0.4 is 5.32 Å². The van der Waals surface area contributed by atoms with E-state index >= 15 is 0 Å². The molecule has 1 aromatic heterocycles. The van der Waals surface area contributed by atoms with Gasteiger partial charge in [0.15, 0.2) is 0 Å². The molecular formula is C11H19N3O. The Bertz CT molecular complexity index is 330. The molecule has 0 radical (unpaired) electrons. The third-order valence-electron chi connectivity index (χ3n) is 2.32. The molecule has 0 fully saturated rings. The van der Waals surface area contributed by atoms with Gasteiger partial charge in [0, 0.05) is 40.1 Å². The first kappa shape index (κ1) is 11.8. The predicted molar refractivity (Wildman–Crippen MR) is 60.4 cm³/mol. The van der Waals surface area contributed by atoms with Crippen LogP contribution in [0, 0.1) is 0 Å². The van der Waals surface area contributed by atoms with Gasteiger partial charge in [-0.2, -0.15) is 0 Å². The summed E-state index contributed by atoms with van der Waals surface area (Å²) in [6.07, 6.45) is 4.04. The fourth-order valence-corrected chi connectivity index (χ4v) is 1.41. The molecule has 1 heterocycles.